The Hall–Kier alpha value is -2.80. The molecule has 0 saturated heterocycles. The fraction of sp³-hybridized carbons (Fsp3) is 0.0667. The predicted molar refractivity (Wildman–Crippen MR) is 72.0 cm³/mol. The van der Waals surface area contributed by atoms with Crippen LogP contribution in [0, 0.1) is 0 Å². The van der Waals surface area contributed by atoms with E-state index < -0.39 is 5.66 Å². The topological polar surface area (TPSA) is 58.9 Å². The zero-order valence-electron chi connectivity index (χ0n) is 10.8. The Morgan fingerprint density at radius 1 is 1.00 bits per heavy atom. The molecule has 4 heteroatoms. The summed E-state index contributed by atoms with van der Waals surface area (Å²) < 4.78 is 0. The van der Waals surface area contributed by atoms with E-state index in [1.54, 1.807) is 18.2 Å². The van der Waals surface area contributed by atoms with E-state index >= 15 is 0 Å². The van der Waals surface area contributed by atoms with Crippen LogP contribution < -0.4 is 0 Å². The highest BCUT2D eigenvalue weighted by Gasteiger charge is 2.33. The van der Waals surface area contributed by atoms with Crippen LogP contribution in [0.15, 0.2) is 52.5 Å². The van der Waals surface area contributed by atoms with Crippen LogP contribution in [-0.2, 0) is 15.3 Å². The second-order valence-corrected chi connectivity index (χ2v) is 4.22. The molecule has 0 heterocycles. The molecule has 19 heavy (non-hydrogen) atoms. The first-order valence-electron chi connectivity index (χ1n) is 5.70. The summed E-state index contributed by atoms with van der Waals surface area (Å²) in [6.45, 7) is 0. The van der Waals surface area contributed by atoms with E-state index in [4.69, 9.17) is 0 Å². The van der Waals surface area contributed by atoms with Gasteiger partial charge in [0.2, 0.25) is 17.8 Å². The Kier molecular flexibility index (Phi) is 2.46. The van der Waals surface area contributed by atoms with Gasteiger partial charge in [-0.2, -0.15) is 9.98 Å². The van der Waals surface area contributed by atoms with Crippen molar-refractivity contribution in [2.45, 2.75) is 5.66 Å². The molecule has 0 aromatic heterocycles. The van der Waals surface area contributed by atoms with Crippen molar-refractivity contribution in [3.8, 4) is 0 Å². The first-order chi connectivity index (χ1) is 9.30. The van der Waals surface area contributed by atoms with Gasteiger partial charge in [0.25, 0.3) is 0 Å². The summed E-state index contributed by atoms with van der Waals surface area (Å²) >= 11 is 0. The third kappa shape index (κ3) is 1.56. The molecular formula is C15H9N2O2+. The molecule has 90 valence electrons. The maximum Gasteiger partial charge on any atom is 1.00 e. The zero-order valence-corrected chi connectivity index (χ0v) is 9.83. The molecule has 0 fully saturated rings. The Labute approximate surface area is 110 Å². The van der Waals surface area contributed by atoms with Crippen LogP contribution in [0.2, 0.25) is 0 Å². The van der Waals surface area contributed by atoms with E-state index in [0.29, 0.717) is 5.56 Å². The van der Waals surface area contributed by atoms with E-state index in [2.05, 4.69) is 9.98 Å². The van der Waals surface area contributed by atoms with E-state index in [1.807, 2.05) is 30.3 Å². The lowest BCUT2D eigenvalue weighted by Gasteiger charge is -2.25. The van der Waals surface area contributed by atoms with E-state index in [9.17, 15) is 9.59 Å². The van der Waals surface area contributed by atoms with Crippen LogP contribution in [0.25, 0.3) is 16.8 Å². The molecule has 0 amide bonds. The maximum absolute atomic E-state index is 10.7. The summed E-state index contributed by atoms with van der Waals surface area (Å²) in [4.78, 5) is 28.8. The Bertz CT molecular complexity index is 777. The summed E-state index contributed by atoms with van der Waals surface area (Å²) in [6.07, 6.45) is 6.39. The number of hydrogen-bond acceptors (Lipinski definition) is 4. The number of isocyanates is 2. The van der Waals surface area contributed by atoms with Crippen LogP contribution in [0.5, 0.6) is 0 Å². The standard InChI is InChI=1S/C15H8N2O2/c18-9-16-15(17-10-19)8-7-12-4-1-3-11-5-2-6-13(15)14(11)12/h1-8H/p+1. The number of aliphatic imine (C=N–C) groups is 2. The fourth-order valence-corrected chi connectivity index (χ4v) is 2.47. The SMILES string of the molecule is O=C=NC1(N=C=O)C=Cc2cccc3cccc1c23.[H+]. The van der Waals surface area contributed by atoms with Crippen molar-refractivity contribution in [2.24, 2.45) is 9.98 Å². The predicted octanol–water partition coefficient (Wildman–Crippen LogP) is 2.80. The quantitative estimate of drug-likeness (QED) is 0.607. The number of rotatable bonds is 2. The molecule has 0 unspecified atom stereocenters. The minimum Gasteiger partial charge on any atom is -0.211 e. The molecule has 0 bridgehead atoms. The average molecular weight is 249 g/mol. The normalized spacial score (nSPS) is 19.6. The Morgan fingerprint density at radius 2 is 1.68 bits per heavy atom. The lowest BCUT2D eigenvalue weighted by Crippen LogP contribution is -2.20. The van der Waals surface area contributed by atoms with Gasteiger partial charge in [0, 0.05) is 5.56 Å². The van der Waals surface area contributed by atoms with Crippen molar-refractivity contribution in [1.29, 1.82) is 0 Å². The molecule has 0 aliphatic heterocycles. The minimum absolute atomic E-state index is 0. The lowest BCUT2D eigenvalue weighted by atomic mass is 9.86. The van der Waals surface area contributed by atoms with Gasteiger partial charge in [-0.3, -0.25) is 0 Å². The maximum atomic E-state index is 10.7. The molecule has 3 rings (SSSR count). The van der Waals surface area contributed by atoms with Crippen molar-refractivity contribution in [3.63, 3.8) is 0 Å². The number of benzene rings is 2. The number of nitrogens with zero attached hydrogens (tertiary/aromatic N) is 2. The van der Waals surface area contributed by atoms with Crippen molar-refractivity contribution < 1.29 is 11.0 Å². The summed E-state index contributed by atoms with van der Waals surface area (Å²) in [7, 11) is 0. The highest BCUT2D eigenvalue weighted by molar-refractivity contribution is 5.96. The monoisotopic (exact) mass is 249 g/mol. The molecule has 0 N–H and O–H groups in total. The van der Waals surface area contributed by atoms with Crippen LogP contribution in [0.4, 0.5) is 0 Å². The van der Waals surface area contributed by atoms with Crippen molar-refractivity contribution in [1.82, 2.24) is 0 Å². The molecule has 4 nitrogen and oxygen atoms in total. The Balaban J connectivity index is 0.00000147. The zero-order chi connectivity index (χ0) is 13.3. The Morgan fingerprint density at radius 3 is 2.37 bits per heavy atom. The minimum atomic E-state index is -1.34. The van der Waals surface area contributed by atoms with E-state index in [0.717, 1.165) is 16.3 Å². The molecule has 0 atom stereocenters. The summed E-state index contributed by atoms with van der Waals surface area (Å²) in [5, 5.41) is 1.94. The molecular weight excluding hydrogens is 240 g/mol. The van der Waals surface area contributed by atoms with Crippen molar-refractivity contribution >= 4 is 29.0 Å². The largest absolute Gasteiger partial charge is 1.00 e. The highest BCUT2D eigenvalue weighted by Crippen LogP contribution is 2.40. The third-order valence-corrected chi connectivity index (χ3v) is 3.26. The molecule has 2 aromatic carbocycles. The lowest BCUT2D eigenvalue weighted by molar-refractivity contribution is 0.527. The average Bonchev–Trinajstić information content (AvgIpc) is 2.44. The summed E-state index contributed by atoms with van der Waals surface area (Å²) in [6, 6.07) is 11.5. The van der Waals surface area contributed by atoms with Crippen molar-refractivity contribution in [3.05, 3.63) is 53.6 Å². The molecule has 0 saturated carbocycles. The van der Waals surface area contributed by atoms with Gasteiger partial charge in [0.15, 0.2) is 0 Å². The van der Waals surface area contributed by atoms with Crippen LogP contribution >= 0.6 is 0 Å². The van der Waals surface area contributed by atoms with E-state index in [1.165, 1.54) is 12.2 Å². The van der Waals surface area contributed by atoms with Gasteiger partial charge >= 0.3 is 1.43 Å². The molecule has 1 aliphatic rings. The highest BCUT2D eigenvalue weighted by atomic mass is 16.1. The van der Waals surface area contributed by atoms with Gasteiger partial charge in [0.1, 0.15) is 0 Å². The second-order valence-electron chi connectivity index (χ2n) is 4.22. The summed E-state index contributed by atoms with van der Waals surface area (Å²) in [5.74, 6) is 0. The first-order valence-corrected chi connectivity index (χ1v) is 5.70. The molecule has 0 spiro atoms. The first kappa shape index (κ1) is 11.3. The number of hydrogen-bond donors (Lipinski definition) is 0. The fourth-order valence-electron chi connectivity index (χ4n) is 2.47. The van der Waals surface area contributed by atoms with Gasteiger partial charge in [-0.15, -0.1) is 0 Å². The third-order valence-electron chi connectivity index (χ3n) is 3.26. The van der Waals surface area contributed by atoms with Crippen LogP contribution in [-0.4, -0.2) is 12.2 Å². The number of carbonyl (C=O) groups excluding carboxylic acids is 2. The van der Waals surface area contributed by atoms with Crippen molar-refractivity contribution in [2.75, 3.05) is 0 Å². The second kappa shape index (κ2) is 4.14. The summed E-state index contributed by atoms with van der Waals surface area (Å²) in [5.41, 5.74) is 0.359. The van der Waals surface area contributed by atoms with Gasteiger partial charge in [0.05, 0.1) is 0 Å². The van der Waals surface area contributed by atoms with E-state index in [-0.39, 0.29) is 1.43 Å². The molecule has 0 radical (unpaired) electrons. The molecule has 1 aliphatic carbocycles. The molecule has 2 aromatic rings. The van der Waals surface area contributed by atoms with Gasteiger partial charge in [-0.1, -0.05) is 42.5 Å². The van der Waals surface area contributed by atoms with Crippen LogP contribution in [0.3, 0.4) is 0 Å². The van der Waals surface area contributed by atoms with Crippen LogP contribution in [0.1, 0.15) is 12.6 Å². The van der Waals surface area contributed by atoms with Gasteiger partial charge in [-0.05, 0) is 22.4 Å². The smallest absolute Gasteiger partial charge is 0.211 e. The van der Waals surface area contributed by atoms with Gasteiger partial charge < -0.3 is 0 Å². The van der Waals surface area contributed by atoms with Gasteiger partial charge in [-0.25, -0.2) is 9.59 Å².